The molecule has 92 valence electrons. The topological polar surface area (TPSA) is 55.2 Å². The van der Waals surface area contributed by atoms with Crippen LogP contribution in [0.5, 0.6) is 0 Å². The molecule has 1 aromatic rings. The van der Waals surface area contributed by atoms with Gasteiger partial charge in [-0.3, -0.25) is 10.1 Å². The summed E-state index contributed by atoms with van der Waals surface area (Å²) >= 11 is 1.85. The highest BCUT2D eigenvalue weighted by molar-refractivity contribution is 8.00. The van der Waals surface area contributed by atoms with E-state index in [0.29, 0.717) is 11.8 Å². The van der Waals surface area contributed by atoms with E-state index in [2.05, 4.69) is 5.32 Å². The highest BCUT2D eigenvalue weighted by atomic mass is 32.2. The third kappa shape index (κ3) is 3.09. The minimum absolute atomic E-state index is 0.0746. The zero-order valence-electron chi connectivity index (χ0n) is 9.19. The van der Waals surface area contributed by atoms with E-state index in [0.717, 1.165) is 18.2 Å². The lowest BCUT2D eigenvalue weighted by Gasteiger charge is -2.11. The van der Waals surface area contributed by atoms with Gasteiger partial charge in [-0.05, 0) is 24.7 Å². The normalized spacial score (nSPS) is 19.2. The second kappa shape index (κ2) is 5.35. The Morgan fingerprint density at radius 3 is 3.06 bits per heavy atom. The largest absolute Gasteiger partial charge is 0.378 e. The summed E-state index contributed by atoms with van der Waals surface area (Å²) in [5.74, 6) is 0.676. The third-order valence-electron chi connectivity index (χ3n) is 2.70. The Kier molecular flexibility index (Phi) is 3.83. The van der Waals surface area contributed by atoms with Crippen LogP contribution in [0.3, 0.4) is 0 Å². The van der Waals surface area contributed by atoms with Crippen molar-refractivity contribution in [3.8, 4) is 0 Å². The van der Waals surface area contributed by atoms with Crippen LogP contribution < -0.4 is 5.32 Å². The number of anilines is 1. The number of rotatable bonds is 4. The number of halogens is 1. The maximum atomic E-state index is 13.0. The molecule has 0 radical (unpaired) electrons. The summed E-state index contributed by atoms with van der Waals surface area (Å²) in [5.41, 5.74) is 0.192. The molecule has 1 unspecified atom stereocenters. The number of thioether (sulfide) groups is 1. The standard InChI is InChI=1S/C11H13FN2O2S/c12-8-3-4-11(14(15)16)10(6-8)13-7-9-2-1-5-17-9/h3-4,6,9,13H,1-2,5,7H2. The lowest BCUT2D eigenvalue weighted by Crippen LogP contribution is -2.14. The second-order valence-electron chi connectivity index (χ2n) is 3.93. The van der Waals surface area contributed by atoms with Crippen molar-refractivity contribution >= 4 is 23.1 Å². The van der Waals surface area contributed by atoms with Gasteiger partial charge < -0.3 is 5.32 Å². The maximum Gasteiger partial charge on any atom is 0.292 e. The Labute approximate surface area is 103 Å². The number of hydrogen-bond donors (Lipinski definition) is 1. The Morgan fingerprint density at radius 2 is 2.41 bits per heavy atom. The second-order valence-corrected chi connectivity index (χ2v) is 5.34. The number of nitrogens with one attached hydrogen (secondary N) is 1. The first kappa shape index (κ1) is 12.2. The fourth-order valence-corrected chi connectivity index (χ4v) is 3.04. The molecule has 6 heteroatoms. The minimum atomic E-state index is -0.496. The predicted octanol–water partition coefficient (Wildman–Crippen LogP) is 3.04. The van der Waals surface area contributed by atoms with Crippen LogP contribution in [-0.2, 0) is 0 Å². The molecule has 0 spiro atoms. The molecule has 2 rings (SSSR count). The molecule has 1 aliphatic rings. The summed E-state index contributed by atoms with van der Waals surface area (Å²) in [6, 6.07) is 3.48. The van der Waals surface area contributed by atoms with Crippen LogP contribution in [-0.4, -0.2) is 22.5 Å². The number of nitro groups is 1. The SMILES string of the molecule is O=[N+]([O-])c1ccc(F)cc1NCC1CCCS1. The van der Waals surface area contributed by atoms with E-state index in [9.17, 15) is 14.5 Å². The fraction of sp³-hybridized carbons (Fsp3) is 0.455. The van der Waals surface area contributed by atoms with Gasteiger partial charge in [0, 0.05) is 23.9 Å². The number of hydrogen-bond acceptors (Lipinski definition) is 4. The van der Waals surface area contributed by atoms with Crippen molar-refractivity contribution < 1.29 is 9.31 Å². The Morgan fingerprint density at radius 1 is 1.59 bits per heavy atom. The average molecular weight is 256 g/mol. The Balaban J connectivity index is 2.07. The predicted molar refractivity (Wildman–Crippen MR) is 67.0 cm³/mol. The average Bonchev–Trinajstić information content (AvgIpc) is 2.78. The summed E-state index contributed by atoms with van der Waals surface area (Å²) in [7, 11) is 0. The zero-order chi connectivity index (χ0) is 12.3. The van der Waals surface area contributed by atoms with E-state index < -0.39 is 10.7 Å². The van der Waals surface area contributed by atoms with Gasteiger partial charge in [-0.2, -0.15) is 11.8 Å². The summed E-state index contributed by atoms with van der Waals surface area (Å²) in [6.45, 7) is 0.648. The smallest absolute Gasteiger partial charge is 0.292 e. The van der Waals surface area contributed by atoms with Gasteiger partial charge in [0.25, 0.3) is 5.69 Å². The van der Waals surface area contributed by atoms with Crippen LogP contribution in [0.25, 0.3) is 0 Å². The first-order valence-electron chi connectivity index (χ1n) is 5.46. The number of nitrogens with zero attached hydrogens (tertiary/aromatic N) is 1. The first-order chi connectivity index (χ1) is 8.16. The summed E-state index contributed by atoms with van der Waals surface area (Å²) in [5, 5.41) is 14.2. The highest BCUT2D eigenvalue weighted by Crippen LogP contribution is 2.29. The van der Waals surface area contributed by atoms with E-state index in [1.165, 1.54) is 18.6 Å². The summed E-state index contributed by atoms with van der Waals surface area (Å²) in [6.07, 6.45) is 2.29. The molecule has 1 aliphatic heterocycles. The molecule has 0 aliphatic carbocycles. The van der Waals surface area contributed by atoms with E-state index in [1.54, 1.807) is 0 Å². The minimum Gasteiger partial charge on any atom is -0.378 e. The molecule has 17 heavy (non-hydrogen) atoms. The van der Waals surface area contributed by atoms with Gasteiger partial charge in [-0.1, -0.05) is 0 Å². The van der Waals surface area contributed by atoms with Gasteiger partial charge in [0.1, 0.15) is 11.5 Å². The van der Waals surface area contributed by atoms with Crippen molar-refractivity contribution in [2.75, 3.05) is 17.6 Å². The molecular weight excluding hydrogens is 243 g/mol. The van der Waals surface area contributed by atoms with Gasteiger partial charge in [-0.25, -0.2) is 4.39 Å². The van der Waals surface area contributed by atoms with Crippen molar-refractivity contribution in [2.45, 2.75) is 18.1 Å². The molecule has 1 heterocycles. The van der Waals surface area contributed by atoms with Gasteiger partial charge in [-0.15, -0.1) is 0 Å². The van der Waals surface area contributed by atoms with Gasteiger partial charge >= 0.3 is 0 Å². The molecule has 1 saturated heterocycles. The van der Waals surface area contributed by atoms with Crippen molar-refractivity contribution in [1.82, 2.24) is 0 Å². The molecule has 1 N–H and O–H groups in total. The maximum absolute atomic E-state index is 13.0. The molecular formula is C11H13FN2O2S. The zero-order valence-corrected chi connectivity index (χ0v) is 10.0. The monoisotopic (exact) mass is 256 g/mol. The lowest BCUT2D eigenvalue weighted by molar-refractivity contribution is -0.384. The lowest BCUT2D eigenvalue weighted by atomic mass is 10.2. The Bertz CT molecular complexity index is 422. The van der Waals surface area contributed by atoms with Gasteiger partial charge in [0.2, 0.25) is 0 Å². The first-order valence-corrected chi connectivity index (χ1v) is 6.51. The van der Waals surface area contributed by atoms with Crippen molar-refractivity contribution in [3.05, 3.63) is 34.1 Å². The molecule has 1 aromatic carbocycles. The highest BCUT2D eigenvalue weighted by Gasteiger charge is 2.18. The quantitative estimate of drug-likeness (QED) is 0.664. The molecule has 4 nitrogen and oxygen atoms in total. The van der Waals surface area contributed by atoms with Crippen molar-refractivity contribution in [2.24, 2.45) is 0 Å². The number of benzene rings is 1. The van der Waals surface area contributed by atoms with E-state index in [1.807, 2.05) is 11.8 Å². The van der Waals surface area contributed by atoms with Crippen molar-refractivity contribution in [1.29, 1.82) is 0 Å². The fourth-order valence-electron chi connectivity index (χ4n) is 1.84. The van der Waals surface area contributed by atoms with Crippen LogP contribution in [0.2, 0.25) is 0 Å². The molecule has 1 fully saturated rings. The van der Waals surface area contributed by atoms with Gasteiger partial charge in [0.15, 0.2) is 0 Å². The molecule has 0 saturated carbocycles. The summed E-state index contributed by atoms with van der Waals surface area (Å²) in [4.78, 5) is 10.3. The third-order valence-corrected chi connectivity index (χ3v) is 4.10. The van der Waals surface area contributed by atoms with Crippen LogP contribution >= 0.6 is 11.8 Å². The van der Waals surface area contributed by atoms with Crippen LogP contribution in [0, 0.1) is 15.9 Å². The molecule has 0 amide bonds. The van der Waals surface area contributed by atoms with Crippen LogP contribution in [0.15, 0.2) is 18.2 Å². The van der Waals surface area contributed by atoms with E-state index in [4.69, 9.17) is 0 Å². The van der Waals surface area contributed by atoms with Crippen LogP contribution in [0.4, 0.5) is 15.8 Å². The van der Waals surface area contributed by atoms with Crippen molar-refractivity contribution in [3.63, 3.8) is 0 Å². The summed E-state index contributed by atoms with van der Waals surface area (Å²) < 4.78 is 13.0. The molecule has 0 bridgehead atoms. The van der Waals surface area contributed by atoms with E-state index in [-0.39, 0.29) is 11.4 Å². The van der Waals surface area contributed by atoms with Crippen LogP contribution in [0.1, 0.15) is 12.8 Å². The molecule has 0 aromatic heterocycles. The number of nitro benzene ring substituents is 1. The van der Waals surface area contributed by atoms with Gasteiger partial charge in [0.05, 0.1) is 4.92 Å². The van der Waals surface area contributed by atoms with E-state index >= 15 is 0 Å². The molecule has 1 atom stereocenters. The Hall–Kier alpha value is -1.30.